The summed E-state index contributed by atoms with van der Waals surface area (Å²) in [5.74, 6) is 0. The summed E-state index contributed by atoms with van der Waals surface area (Å²) in [6, 6.07) is 0. The molecule has 21 heavy (non-hydrogen) atoms. The van der Waals surface area contributed by atoms with Gasteiger partial charge in [0.05, 0.1) is 19.3 Å². The van der Waals surface area contributed by atoms with Gasteiger partial charge in [-0.05, 0) is 19.1 Å². The lowest BCUT2D eigenvalue weighted by atomic mass is 9.88. The quantitative estimate of drug-likeness (QED) is 0.784. The van der Waals surface area contributed by atoms with Crippen molar-refractivity contribution in [2.45, 2.75) is 48.3 Å². The Balaban J connectivity index is 2.02. The number of aliphatic hydroxyl groups excluding tert-OH is 1. The predicted molar refractivity (Wildman–Crippen MR) is 83.8 cm³/mol. The second-order valence-corrected chi connectivity index (χ2v) is 8.48. The molecule has 1 aromatic heterocycles. The molecular formula is C13H23N3O3S2. The number of aliphatic hydroxyl groups is 1. The van der Waals surface area contributed by atoms with Gasteiger partial charge in [-0.2, -0.15) is 16.9 Å². The minimum atomic E-state index is -3.53. The Hall–Kier alpha value is -0.570. The van der Waals surface area contributed by atoms with Gasteiger partial charge in [-0.3, -0.25) is 4.68 Å². The van der Waals surface area contributed by atoms with E-state index < -0.39 is 10.0 Å². The van der Waals surface area contributed by atoms with Crippen LogP contribution in [-0.2, 0) is 16.6 Å². The van der Waals surface area contributed by atoms with Crippen LogP contribution in [-0.4, -0.2) is 47.5 Å². The van der Waals surface area contributed by atoms with Crippen molar-refractivity contribution in [3.63, 3.8) is 0 Å². The molecule has 0 aromatic carbocycles. The minimum Gasteiger partial charge on any atom is -0.394 e. The van der Waals surface area contributed by atoms with E-state index in [4.69, 9.17) is 5.11 Å². The Labute approximate surface area is 130 Å². The van der Waals surface area contributed by atoms with Crippen LogP contribution in [0.1, 0.15) is 32.1 Å². The van der Waals surface area contributed by atoms with E-state index >= 15 is 0 Å². The Kier molecular flexibility index (Phi) is 5.70. The molecule has 0 unspecified atom stereocenters. The zero-order valence-corrected chi connectivity index (χ0v) is 13.9. The average molecular weight is 333 g/mol. The highest BCUT2D eigenvalue weighted by Gasteiger charge is 2.32. The molecule has 1 fully saturated rings. The van der Waals surface area contributed by atoms with Crippen molar-refractivity contribution in [3.05, 3.63) is 12.4 Å². The summed E-state index contributed by atoms with van der Waals surface area (Å²) < 4.78 is 28.8. The van der Waals surface area contributed by atoms with Gasteiger partial charge in [0.15, 0.2) is 0 Å². The summed E-state index contributed by atoms with van der Waals surface area (Å²) in [5, 5.41) is 12.8. The molecule has 1 saturated carbocycles. The van der Waals surface area contributed by atoms with Crippen LogP contribution in [0.4, 0.5) is 0 Å². The summed E-state index contributed by atoms with van der Waals surface area (Å²) in [6.07, 6.45) is 10.5. The molecule has 1 aliphatic carbocycles. The third-order valence-electron chi connectivity index (χ3n) is 4.03. The lowest BCUT2D eigenvalue weighted by Crippen LogP contribution is -2.41. The molecule has 2 rings (SSSR count). The van der Waals surface area contributed by atoms with E-state index in [-0.39, 0.29) is 16.2 Å². The van der Waals surface area contributed by atoms with Crippen molar-refractivity contribution in [2.75, 3.05) is 19.4 Å². The molecule has 0 amide bonds. The van der Waals surface area contributed by atoms with E-state index in [0.29, 0.717) is 13.1 Å². The van der Waals surface area contributed by atoms with E-state index in [1.54, 1.807) is 11.8 Å². The van der Waals surface area contributed by atoms with E-state index in [2.05, 4.69) is 16.1 Å². The molecule has 0 radical (unpaired) electrons. The van der Waals surface area contributed by atoms with Crippen LogP contribution in [0.15, 0.2) is 17.3 Å². The first-order valence-corrected chi connectivity index (χ1v) is 9.90. The largest absolute Gasteiger partial charge is 0.394 e. The number of nitrogens with one attached hydrogen (secondary N) is 1. The van der Waals surface area contributed by atoms with Gasteiger partial charge >= 0.3 is 0 Å². The van der Waals surface area contributed by atoms with Crippen molar-refractivity contribution in [1.82, 2.24) is 14.5 Å². The Morgan fingerprint density at radius 2 is 2.14 bits per heavy atom. The summed E-state index contributed by atoms with van der Waals surface area (Å²) in [7, 11) is -3.53. The maximum Gasteiger partial charge on any atom is 0.243 e. The number of hydrogen-bond acceptors (Lipinski definition) is 5. The molecule has 1 heterocycles. The van der Waals surface area contributed by atoms with Crippen molar-refractivity contribution < 1.29 is 13.5 Å². The van der Waals surface area contributed by atoms with Gasteiger partial charge in [-0.25, -0.2) is 13.1 Å². The van der Waals surface area contributed by atoms with E-state index in [1.807, 2.05) is 0 Å². The maximum atomic E-state index is 12.3. The van der Waals surface area contributed by atoms with Gasteiger partial charge in [0.2, 0.25) is 10.0 Å². The van der Waals surface area contributed by atoms with Gasteiger partial charge in [0.25, 0.3) is 0 Å². The number of nitrogens with zero attached hydrogens (tertiary/aromatic N) is 2. The number of aromatic nitrogens is 2. The first-order chi connectivity index (χ1) is 10.0. The SMILES string of the molecule is CSC1(CNS(=O)(=O)c2cnn(CCO)c2)CCCCC1. The third kappa shape index (κ3) is 4.21. The number of sulfonamides is 1. The smallest absolute Gasteiger partial charge is 0.243 e. The lowest BCUT2D eigenvalue weighted by molar-refractivity contribution is 0.269. The van der Waals surface area contributed by atoms with Crippen molar-refractivity contribution in [3.8, 4) is 0 Å². The van der Waals surface area contributed by atoms with Gasteiger partial charge < -0.3 is 5.11 Å². The Morgan fingerprint density at radius 1 is 1.43 bits per heavy atom. The van der Waals surface area contributed by atoms with Crippen molar-refractivity contribution in [2.24, 2.45) is 0 Å². The molecule has 0 saturated heterocycles. The zero-order chi connectivity index (χ0) is 15.3. The van der Waals surface area contributed by atoms with E-state index in [1.165, 1.54) is 23.5 Å². The molecule has 1 aliphatic rings. The predicted octanol–water partition coefficient (Wildman–Crippen LogP) is 1.22. The summed E-state index contributed by atoms with van der Waals surface area (Å²) >= 11 is 1.76. The maximum absolute atomic E-state index is 12.3. The van der Waals surface area contributed by atoms with Crippen LogP contribution in [0.3, 0.4) is 0 Å². The van der Waals surface area contributed by atoms with Crippen LogP contribution in [0, 0.1) is 0 Å². The molecule has 8 heteroatoms. The summed E-state index contributed by atoms with van der Waals surface area (Å²) in [5.41, 5.74) is 0. The molecular weight excluding hydrogens is 310 g/mol. The molecule has 0 aliphatic heterocycles. The fraction of sp³-hybridized carbons (Fsp3) is 0.769. The highest BCUT2D eigenvalue weighted by Crippen LogP contribution is 2.38. The van der Waals surface area contributed by atoms with Crippen molar-refractivity contribution in [1.29, 1.82) is 0 Å². The highest BCUT2D eigenvalue weighted by atomic mass is 32.2. The molecule has 6 nitrogen and oxygen atoms in total. The van der Waals surface area contributed by atoms with Crippen molar-refractivity contribution >= 4 is 21.8 Å². The van der Waals surface area contributed by atoms with Crippen LogP contribution >= 0.6 is 11.8 Å². The normalized spacial score (nSPS) is 18.8. The Bertz CT molecular complexity index is 551. The minimum absolute atomic E-state index is 0.0203. The zero-order valence-electron chi connectivity index (χ0n) is 12.3. The van der Waals surface area contributed by atoms with Crippen LogP contribution in [0.2, 0.25) is 0 Å². The van der Waals surface area contributed by atoms with E-state index in [9.17, 15) is 8.42 Å². The number of rotatable bonds is 7. The Morgan fingerprint density at radius 3 is 2.76 bits per heavy atom. The molecule has 0 spiro atoms. The number of hydrogen-bond donors (Lipinski definition) is 2. The van der Waals surface area contributed by atoms with Crippen LogP contribution in [0.25, 0.3) is 0 Å². The first-order valence-electron chi connectivity index (χ1n) is 7.19. The second-order valence-electron chi connectivity index (χ2n) is 5.44. The molecule has 0 bridgehead atoms. The monoisotopic (exact) mass is 333 g/mol. The highest BCUT2D eigenvalue weighted by molar-refractivity contribution is 8.00. The number of thioether (sulfide) groups is 1. The molecule has 120 valence electrons. The van der Waals surface area contributed by atoms with Crippen LogP contribution in [0.5, 0.6) is 0 Å². The van der Waals surface area contributed by atoms with Gasteiger partial charge in [0, 0.05) is 17.5 Å². The first kappa shape index (κ1) is 16.8. The van der Waals surface area contributed by atoms with E-state index in [0.717, 1.165) is 25.7 Å². The van der Waals surface area contributed by atoms with Gasteiger partial charge in [-0.15, -0.1) is 0 Å². The third-order valence-corrected chi connectivity index (χ3v) is 6.81. The summed E-state index contributed by atoms with van der Waals surface area (Å²) in [4.78, 5) is 0.156. The molecule has 2 N–H and O–H groups in total. The molecule has 0 atom stereocenters. The summed E-state index contributed by atoms with van der Waals surface area (Å²) in [6.45, 7) is 0.691. The fourth-order valence-electron chi connectivity index (χ4n) is 2.67. The molecule has 1 aromatic rings. The fourth-order valence-corrected chi connectivity index (χ4v) is 4.75. The van der Waals surface area contributed by atoms with Crippen LogP contribution < -0.4 is 4.72 Å². The lowest BCUT2D eigenvalue weighted by Gasteiger charge is -2.35. The topological polar surface area (TPSA) is 84.2 Å². The van der Waals surface area contributed by atoms with Gasteiger partial charge in [0.1, 0.15) is 4.90 Å². The van der Waals surface area contributed by atoms with Gasteiger partial charge in [-0.1, -0.05) is 19.3 Å². The second kappa shape index (κ2) is 7.13. The average Bonchev–Trinajstić information content (AvgIpc) is 2.96. The standard InChI is InChI=1S/C13H23N3O3S2/c1-20-13(5-3-2-4-6-13)11-15-21(18,19)12-9-14-16(10-12)7-8-17/h9-10,15,17H,2-8,11H2,1H3.